The van der Waals surface area contributed by atoms with Gasteiger partial charge in [0.25, 0.3) is 0 Å². The highest BCUT2D eigenvalue weighted by atomic mass is 35.5. The number of nitrogens with one attached hydrogen (secondary N) is 1. The standard InChI is InChI=1S/C24H21Cl2F3N2O2/c1-2-21(32)31(18-10-6-7-16(14-18)24(27,28)29)22(15-11-12-19(25)20(26)13-15)23(33)30-17-8-4-3-5-9-17/h1,6-7,10-14,17,22H,3-5,8-9H2,(H,30,33). The molecule has 1 saturated carbocycles. The average Bonchev–Trinajstić information content (AvgIpc) is 2.79. The molecule has 1 N–H and O–H groups in total. The van der Waals surface area contributed by atoms with Gasteiger partial charge in [-0.3, -0.25) is 14.5 Å². The van der Waals surface area contributed by atoms with Gasteiger partial charge >= 0.3 is 12.1 Å². The Labute approximate surface area is 200 Å². The van der Waals surface area contributed by atoms with Crippen LogP contribution in [0.5, 0.6) is 0 Å². The van der Waals surface area contributed by atoms with Crippen LogP contribution >= 0.6 is 23.2 Å². The van der Waals surface area contributed by atoms with E-state index in [4.69, 9.17) is 29.6 Å². The summed E-state index contributed by atoms with van der Waals surface area (Å²) in [7, 11) is 0. The minimum atomic E-state index is -4.65. The molecular weight excluding hydrogens is 476 g/mol. The highest BCUT2D eigenvalue weighted by Crippen LogP contribution is 2.36. The predicted molar refractivity (Wildman–Crippen MR) is 122 cm³/mol. The average molecular weight is 497 g/mol. The van der Waals surface area contributed by atoms with E-state index < -0.39 is 29.6 Å². The fourth-order valence-electron chi connectivity index (χ4n) is 3.91. The molecule has 2 aromatic carbocycles. The first-order valence-electron chi connectivity index (χ1n) is 10.3. The van der Waals surface area contributed by atoms with Crippen LogP contribution in [0.3, 0.4) is 0 Å². The maximum atomic E-state index is 13.5. The van der Waals surface area contributed by atoms with E-state index in [0.29, 0.717) is 0 Å². The first-order valence-corrected chi connectivity index (χ1v) is 11.1. The fourth-order valence-corrected chi connectivity index (χ4v) is 4.22. The van der Waals surface area contributed by atoms with Crippen LogP contribution in [0.4, 0.5) is 18.9 Å². The molecule has 2 aromatic rings. The van der Waals surface area contributed by atoms with Crippen molar-refractivity contribution in [2.75, 3.05) is 4.90 Å². The third-order valence-corrected chi connectivity index (χ3v) is 6.25. The molecular formula is C24H21Cl2F3N2O2. The molecule has 1 unspecified atom stereocenters. The second kappa shape index (κ2) is 10.5. The van der Waals surface area contributed by atoms with Crippen molar-refractivity contribution in [3.05, 3.63) is 63.6 Å². The molecule has 0 heterocycles. The summed E-state index contributed by atoms with van der Waals surface area (Å²) in [5.74, 6) is 0.387. The zero-order valence-corrected chi connectivity index (χ0v) is 19.0. The van der Waals surface area contributed by atoms with E-state index >= 15 is 0 Å². The SMILES string of the molecule is C#CC(=O)N(c1cccc(C(F)(F)F)c1)C(C(=O)NC1CCCCC1)c1ccc(Cl)c(Cl)c1. The van der Waals surface area contributed by atoms with E-state index in [2.05, 4.69) is 5.32 Å². The lowest BCUT2D eigenvalue weighted by Gasteiger charge is -2.32. The van der Waals surface area contributed by atoms with Crippen LogP contribution in [-0.4, -0.2) is 17.9 Å². The Morgan fingerprint density at radius 1 is 1.06 bits per heavy atom. The van der Waals surface area contributed by atoms with Gasteiger partial charge in [-0.15, -0.1) is 6.42 Å². The van der Waals surface area contributed by atoms with Gasteiger partial charge in [-0.1, -0.05) is 54.6 Å². The van der Waals surface area contributed by atoms with Crippen LogP contribution in [0, 0.1) is 12.3 Å². The van der Waals surface area contributed by atoms with Crippen molar-refractivity contribution in [3.8, 4) is 12.3 Å². The van der Waals surface area contributed by atoms with E-state index in [9.17, 15) is 22.8 Å². The van der Waals surface area contributed by atoms with E-state index in [-0.39, 0.29) is 27.3 Å². The number of rotatable bonds is 5. The number of amides is 2. The maximum Gasteiger partial charge on any atom is 0.416 e. The van der Waals surface area contributed by atoms with Gasteiger partial charge < -0.3 is 5.32 Å². The van der Waals surface area contributed by atoms with Crippen LogP contribution < -0.4 is 10.2 Å². The predicted octanol–water partition coefficient (Wildman–Crippen LogP) is 6.17. The van der Waals surface area contributed by atoms with Crippen molar-refractivity contribution in [1.82, 2.24) is 5.32 Å². The molecule has 0 aromatic heterocycles. The zero-order valence-electron chi connectivity index (χ0n) is 17.5. The normalized spacial score (nSPS) is 15.4. The van der Waals surface area contributed by atoms with Gasteiger partial charge in [0.15, 0.2) is 0 Å². The molecule has 174 valence electrons. The minimum Gasteiger partial charge on any atom is -0.351 e. The van der Waals surface area contributed by atoms with Crippen LogP contribution in [0.25, 0.3) is 0 Å². The van der Waals surface area contributed by atoms with Gasteiger partial charge in [-0.25, -0.2) is 0 Å². The second-order valence-electron chi connectivity index (χ2n) is 7.79. The number of hydrogen-bond donors (Lipinski definition) is 1. The van der Waals surface area contributed by atoms with Gasteiger partial charge in [-0.2, -0.15) is 13.2 Å². The summed E-state index contributed by atoms with van der Waals surface area (Å²) in [6.07, 6.45) is 5.20. The van der Waals surface area contributed by atoms with Crippen molar-refractivity contribution < 1.29 is 22.8 Å². The van der Waals surface area contributed by atoms with Crippen LogP contribution in [0.2, 0.25) is 10.0 Å². The van der Waals surface area contributed by atoms with Crippen molar-refractivity contribution >= 4 is 40.7 Å². The Balaban J connectivity index is 2.11. The van der Waals surface area contributed by atoms with E-state index in [1.54, 1.807) is 0 Å². The molecule has 1 atom stereocenters. The molecule has 1 aliphatic rings. The Morgan fingerprint density at radius 3 is 2.36 bits per heavy atom. The number of terminal acetylenes is 1. The monoisotopic (exact) mass is 496 g/mol. The topological polar surface area (TPSA) is 49.4 Å². The lowest BCUT2D eigenvalue weighted by Crippen LogP contribution is -2.47. The molecule has 0 saturated heterocycles. The number of hydrogen-bond acceptors (Lipinski definition) is 2. The Hall–Kier alpha value is -2.69. The molecule has 4 nitrogen and oxygen atoms in total. The van der Waals surface area contributed by atoms with Crippen molar-refractivity contribution in [2.45, 2.75) is 50.4 Å². The quantitative estimate of drug-likeness (QED) is 0.503. The molecule has 9 heteroatoms. The summed E-state index contributed by atoms with van der Waals surface area (Å²) >= 11 is 12.2. The first-order chi connectivity index (χ1) is 15.6. The lowest BCUT2D eigenvalue weighted by atomic mass is 9.94. The summed E-state index contributed by atoms with van der Waals surface area (Å²) in [6, 6.07) is 6.98. The van der Waals surface area contributed by atoms with Gasteiger partial charge in [0.1, 0.15) is 6.04 Å². The van der Waals surface area contributed by atoms with Crippen molar-refractivity contribution in [2.24, 2.45) is 0 Å². The molecule has 0 spiro atoms. The van der Waals surface area contributed by atoms with Gasteiger partial charge in [0.05, 0.1) is 15.6 Å². The summed E-state index contributed by atoms with van der Waals surface area (Å²) in [6.45, 7) is 0. The number of alkyl halides is 3. The number of anilines is 1. The van der Waals surface area contributed by atoms with Crippen LogP contribution in [0.15, 0.2) is 42.5 Å². The molecule has 3 rings (SSSR count). The second-order valence-corrected chi connectivity index (χ2v) is 8.60. The van der Waals surface area contributed by atoms with Gasteiger partial charge in [-0.05, 0) is 54.7 Å². The van der Waals surface area contributed by atoms with Crippen LogP contribution in [0.1, 0.15) is 49.3 Å². The maximum absolute atomic E-state index is 13.5. The number of benzene rings is 2. The third-order valence-electron chi connectivity index (χ3n) is 5.51. The lowest BCUT2D eigenvalue weighted by molar-refractivity contribution is -0.137. The van der Waals surface area contributed by atoms with Crippen molar-refractivity contribution in [1.29, 1.82) is 0 Å². The van der Waals surface area contributed by atoms with E-state index in [0.717, 1.165) is 55.2 Å². The minimum absolute atomic E-state index is 0.110. The van der Waals surface area contributed by atoms with Gasteiger partial charge in [0.2, 0.25) is 5.91 Å². The number of halogens is 5. The Kier molecular flexibility index (Phi) is 7.93. The smallest absolute Gasteiger partial charge is 0.351 e. The summed E-state index contributed by atoms with van der Waals surface area (Å²) in [4.78, 5) is 27.1. The number of carbonyl (C=O) groups is 2. The van der Waals surface area contributed by atoms with E-state index in [1.807, 2.05) is 5.92 Å². The molecule has 33 heavy (non-hydrogen) atoms. The molecule has 0 bridgehead atoms. The summed E-state index contributed by atoms with van der Waals surface area (Å²) < 4.78 is 40.0. The van der Waals surface area contributed by atoms with E-state index in [1.165, 1.54) is 24.3 Å². The fraction of sp³-hybridized carbons (Fsp3) is 0.333. The summed E-state index contributed by atoms with van der Waals surface area (Å²) in [5.41, 5.74) is -0.878. The summed E-state index contributed by atoms with van der Waals surface area (Å²) in [5, 5.41) is 3.28. The highest BCUT2D eigenvalue weighted by molar-refractivity contribution is 6.42. The Morgan fingerprint density at radius 2 is 1.76 bits per heavy atom. The van der Waals surface area contributed by atoms with Crippen molar-refractivity contribution in [3.63, 3.8) is 0 Å². The molecule has 0 radical (unpaired) electrons. The Bertz CT molecular complexity index is 1080. The molecule has 1 fully saturated rings. The largest absolute Gasteiger partial charge is 0.416 e. The zero-order chi connectivity index (χ0) is 24.2. The highest BCUT2D eigenvalue weighted by Gasteiger charge is 2.36. The van der Waals surface area contributed by atoms with Gasteiger partial charge in [0, 0.05) is 11.7 Å². The third kappa shape index (κ3) is 6.01. The molecule has 0 aliphatic heterocycles. The molecule has 1 aliphatic carbocycles. The number of carbonyl (C=O) groups excluding carboxylic acids is 2. The van der Waals surface area contributed by atoms with Crippen LogP contribution in [-0.2, 0) is 15.8 Å². The molecule has 2 amide bonds. The first kappa shape index (κ1) is 24.9. The number of nitrogens with zero attached hydrogens (tertiary/aromatic N) is 1.